The van der Waals surface area contributed by atoms with Crippen molar-refractivity contribution in [2.45, 2.75) is 33.4 Å². The van der Waals surface area contributed by atoms with Crippen molar-refractivity contribution in [3.05, 3.63) is 91.8 Å². The summed E-state index contributed by atoms with van der Waals surface area (Å²) in [6, 6.07) is 14.5. The molecule has 0 spiro atoms. The Balaban J connectivity index is 1.93. The maximum atomic E-state index is 13.0. The number of carboxylic acid groups (broad SMARTS) is 1. The number of hydrogen-bond donors (Lipinski definition) is 2. The van der Waals surface area contributed by atoms with Gasteiger partial charge >= 0.3 is 17.3 Å². The fourth-order valence-electron chi connectivity index (χ4n) is 3.08. The molecule has 0 unspecified atom stereocenters. The number of carboxylic acids is 1. The minimum absolute atomic E-state index is 0.0485. The Hall–Kier alpha value is -4.01. The number of aromatic nitrogens is 3. The summed E-state index contributed by atoms with van der Waals surface area (Å²) in [5, 5.41) is 11.7. The van der Waals surface area contributed by atoms with Gasteiger partial charge in [0.25, 0.3) is 0 Å². The van der Waals surface area contributed by atoms with E-state index in [-0.39, 0.29) is 37.8 Å². The Labute approximate surface area is 184 Å². The van der Waals surface area contributed by atoms with Crippen LogP contribution >= 0.6 is 0 Å². The van der Waals surface area contributed by atoms with Crippen molar-refractivity contribution in [2.75, 3.05) is 11.9 Å². The molecule has 3 rings (SSSR count). The van der Waals surface area contributed by atoms with Gasteiger partial charge in [-0.3, -0.25) is 14.2 Å². The van der Waals surface area contributed by atoms with Crippen LogP contribution in [0.25, 0.3) is 0 Å². The number of carbonyl (C=O) groups is 2. The lowest BCUT2D eigenvalue weighted by Gasteiger charge is -2.15. The van der Waals surface area contributed by atoms with E-state index in [0.717, 1.165) is 21.3 Å². The number of aliphatic carboxylic acids is 1. The predicted molar refractivity (Wildman–Crippen MR) is 119 cm³/mol. The molecule has 3 aromatic rings. The number of anilines is 1. The van der Waals surface area contributed by atoms with E-state index in [9.17, 15) is 19.2 Å². The van der Waals surface area contributed by atoms with Crippen LogP contribution in [0.4, 0.5) is 5.95 Å². The van der Waals surface area contributed by atoms with E-state index in [1.165, 1.54) is 4.57 Å². The Morgan fingerprint density at radius 3 is 2.12 bits per heavy atom. The number of benzene rings is 2. The van der Waals surface area contributed by atoms with Crippen LogP contribution < -0.4 is 16.7 Å². The average molecular weight is 436 g/mol. The van der Waals surface area contributed by atoms with Crippen molar-refractivity contribution in [3.8, 4) is 0 Å². The Morgan fingerprint density at radius 1 is 0.938 bits per heavy atom. The number of nitrogens with zero attached hydrogens (tertiary/aromatic N) is 3. The molecule has 0 saturated heterocycles. The Kier molecular flexibility index (Phi) is 6.99. The highest BCUT2D eigenvalue weighted by Crippen LogP contribution is 2.09. The third-order valence-electron chi connectivity index (χ3n) is 4.94. The van der Waals surface area contributed by atoms with Gasteiger partial charge in [0.1, 0.15) is 0 Å². The van der Waals surface area contributed by atoms with Crippen molar-refractivity contribution < 1.29 is 14.7 Å². The summed E-state index contributed by atoms with van der Waals surface area (Å²) in [6.45, 7) is 3.49. The standard InChI is InChI=1S/C23H24N4O5/c1-15-3-7-17(8-4-15)14-27-21(24-13-19(28)18-9-5-16(2)6-10-18)25-22(31)26(23(27)32)12-11-20(29)30/h3-10H,11-14H2,1-2H3,(H,29,30)(H,24,25,31). The minimum Gasteiger partial charge on any atom is -0.481 e. The fourth-order valence-corrected chi connectivity index (χ4v) is 3.08. The molecule has 0 aliphatic carbocycles. The van der Waals surface area contributed by atoms with Crippen LogP contribution in [0.3, 0.4) is 0 Å². The zero-order valence-electron chi connectivity index (χ0n) is 17.9. The van der Waals surface area contributed by atoms with Crippen molar-refractivity contribution in [1.29, 1.82) is 0 Å². The van der Waals surface area contributed by atoms with Crippen LogP contribution in [-0.2, 0) is 17.9 Å². The Morgan fingerprint density at radius 2 is 1.53 bits per heavy atom. The van der Waals surface area contributed by atoms with Gasteiger partial charge in [-0.15, -0.1) is 0 Å². The summed E-state index contributed by atoms with van der Waals surface area (Å²) < 4.78 is 2.02. The zero-order chi connectivity index (χ0) is 23.3. The summed E-state index contributed by atoms with van der Waals surface area (Å²) >= 11 is 0. The van der Waals surface area contributed by atoms with Gasteiger partial charge < -0.3 is 10.4 Å². The molecule has 2 N–H and O–H groups in total. The fraction of sp³-hybridized carbons (Fsp3) is 0.261. The van der Waals surface area contributed by atoms with Gasteiger partial charge in [-0.05, 0) is 19.4 Å². The molecule has 1 aromatic heterocycles. The summed E-state index contributed by atoms with van der Waals surface area (Å²) in [5.41, 5.74) is 1.78. The van der Waals surface area contributed by atoms with Crippen LogP contribution in [0.2, 0.25) is 0 Å². The lowest BCUT2D eigenvalue weighted by molar-refractivity contribution is -0.137. The van der Waals surface area contributed by atoms with E-state index in [1.54, 1.807) is 12.1 Å². The summed E-state index contributed by atoms with van der Waals surface area (Å²) in [7, 11) is 0. The number of ketones is 1. The molecular formula is C23H24N4O5. The smallest absolute Gasteiger partial charge is 0.354 e. The monoisotopic (exact) mass is 436 g/mol. The average Bonchev–Trinajstić information content (AvgIpc) is 2.75. The van der Waals surface area contributed by atoms with E-state index in [2.05, 4.69) is 10.3 Å². The first-order valence-corrected chi connectivity index (χ1v) is 10.1. The van der Waals surface area contributed by atoms with Crippen LogP contribution in [0.15, 0.2) is 58.1 Å². The van der Waals surface area contributed by atoms with E-state index in [4.69, 9.17) is 5.11 Å². The van der Waals surface area contributed by atoms with E-state index >= 15 is 0 Å². The molecule has 9 nitrogen and oxygen atoms in total. The molecule has 0 atom stereocenters. The highest BCUT2D eigenvalue weighted by atomic mass is 16.4. The maximum Gasteiger partial charge on any atom is 0.354 e. The third kappa shape index (κ3) is 5.57. The van der Waals surface area contributed by atoms with Gasteiger partial charge in [0.05, 0.1) is 19.5 Å². The number of Topliss-reactive ketones (excluding diaryl/α,β-unsaturated/α-hetero) is 1. The molecule has 0 radical (unpaired) electrons. The number of rotatable bonds is 9. The zero-order valence-corrected chi connectivity index (χ0v) is 17.9. The molecule has 0 amide bonds. The van der Waals surface area contributed by atoms with Crippen molar-refractivity contribution in [3.63, 3.8) is 0 Å². The molecule has 0 bridgehead atoms. The number of nitrogens with one attached hydrogen (secondary N) is 1. The second-order valence-corrected chi connectivity index (χ2v) is 7.51. The van der Waals surface area contributed by atoms with Gasteiger partial charge in [-0.25, -0.2) is 14.2 Å². The highest BCUT2D eigenvalue weighted by molar-refractivity contribution is 5.98. The van der Waals surface area contributed by atoms with E-state index in [0.29, 0.717) is 5.56 Å². The van der Waals surface area contributed by atoms with Gasteiger partial charge in [-0.2, -0.15) is 4.98 Å². The van der Waals surface area contributed by atoms with E-state index < -0.39 is 17.3 Å². The first-order valence-electron chi connectivity index (χ1n) is 10.1. The third-order valence-corrected chi connectivity index (χ3v) is 4.94. The van der Waals surface area contributed by atoms with Gasteiger partial charge in [0.2, 0.25) is 5.95 Å². The maximum absolute atomic E-state index is 13.0. The minimum atomic E-state index is -1.13. The highest BCUT2D eigenvalue weighted by Gasteiger charge is 2.16. The molecule has 32 heavy (non-hydrogen) atoms. The topological polar surface area (TPSA) is 123 Å². The van der Waals surface area contributed by atoms with Crippen molar-refractivity contribution in [2.24, 2.45) is 0 Å². The molecule has 1 heterocycles. The SMILES string of the molecule is Cc1ccc(Cn2c(NCC(=O)c3ccc(C)cc3)nc(=O)n(CCC(=O)O)c2=O)cc1. The molecule has 166 valence electrons. The van der Waals surface area contributed by atoms with Gasteiger partial charge in [0, 0.05) is 12.1 Å². The lowest BCUT2D eigenvalue weighted by atomic mass is 10.1. The largest absolute Gasteiger partial charge is 0.481 e. The lowest BCUT2D eigenvalue weighted by Crippen LogP contribution is -2.43. The molecule has 0 aliphatic heterocycles. The number of carbonyl (C=O) groups excluding carboxylic acids is 1. The van der Waals surface area contributed by atoms with Crippen LogP contribution in [0.5, 0.6) is 0 Å². The number of hydrogen-bond acceptors (Lipinski definition) is 6. The molecule has 2 aromatic carbocycles. The summed E-state index contributed by atoms with van der Waals surface area (Å²) in [4.78, 5) is 52.8. The van der Waals surface area contributed by atoms with Gasteiger partial charge in [-0.1, -0.05) is 59.7 Å². The Bertz CT molecular complexity index is 1240. The second-order valence-electron chi connectivity index (χ2n) is 7.51. The molecule has 0 aliphatic rings. The molecule has 0 fully saturated rings. The van der Waals surface area contributed by atoms with E-state index in [1.807, 2.05) is 50.2 Å². The second kappa shape index (κ2) is 9.86. The molecule has 9 heteroatoms. The molecular weight excluding hydrogens is 412 g/mol. The van der Waals surface area contributed by atoms with Crippen molar-refractivity contribution in [1.82, 2.24) is 14.1 Å². The first kappa shape index (κ1) is 22.7. The summed E-state index contributed by atoms with van der Waals surface area (Å²) in [5.74, 6) is -1.41. The quantitative estimate of drug-likeness (QED) is 0.491. The van der Waals surface area contributed by atoms with Crippen molar-refractivity contribution >= 4 is 17.7 Å². The summed E-state index contributed by atoms with van der Waals surface area (Å²) in [6.07, 6.45) is -0.389. The van der Waals surface area contributed by atoms with Crippen LogP contribution in [0.1, 0.15) is 33.5 Å². The number of aryl methyl sites for hydroxylation is 2. The first-order chi connectivity index (χ1) is 15.2. The normalized spacial score (nSPS) is 10.7. The van der Waals surface area contributed by atoms with Crippen LogP contribution in [0, 0.1) is 13.8 Å². The molecule has 0 saturated carbocycles. The predicted octanol–water partition coefficient (Wildman–Crippen LogP) is 1.84. The van der Waals surface area contributed by atoms with Gasteiger partial charge in [0.15, 0.2) is 5.78 Å². The van der Waals surface area contributed by atoms with Crippen LogP contribution in [-0.4, -0.2) is 37.5 Å².